The quantitative estimate of drug-likeness (QED) is 0.904. The molecule has 1 aromatic rings. The first-order chi connectivity index (χ1) is 8.68. The summed E-state index contributed by atoms with van der Waals surface area (Å²) in [7, 11) is 0. The molecule has 1 N–H and O–H groups in total. The largest absolute Gasteiger partial charge is 0.480 e. The van der Waals surface area contributed by atoms with E-state index in [1.165, 1.54) is 16.7 Å². The summed E-state index contributed by atoms with van der Waals surface area (Å²) in [6, 6.07) is 8.51. The number of nitrogens with zero attached hydrogens (tertiary/aromatic N) is 1. The Morgan fingerprint density at radius 2 is 2.11 bits per heavy atom. The monoisotopic (exact) mass is 267 g/mol. The molecule has 1 aromatic carbocycles. The molecule has 0 saturated carbocycles. The van der Waals surface area contributed by atoms with Gasteiger partial charge in [0.2, 0.25) is 0 Å². The van der Waals surface area contributed by atoms with Crippen LogP contribution in [-0.4, -0.2) is 39.7 Å². The van der Waals surface area contributed by atoms with Gasteiger partial charge in [0.1, 0.15) is 12.6 Å². The van der Waals surface area contributed by atoms with Gasteiger partial charge in [0, 0.05) is 5.75 Å². The van der Waals surface area contributed by atoms with Crippen LogP contribution in [0.15, 0.2) is 30.3 Å². The zero-order valence-corrected chi connectivity index (χ0v) is 10.4. The lowest BCUT2D eigenvalue weighted by Crippen LogP contribution is -2.41. The average molecular weight is 267 g/mol. The zero-order valence-electron chi connectivity index (χ0n) is 9.61. The molecular formula is C12H13NO4S. The third-order valence-electron chi connectivity index (χ3n) is 2.61. The normalized spacial score (nSPS) is 18.7. The molecule has 1 saturated heterocycles. The van der Waals surface area contributed by atoms with E-state index in [4.69, 9.17) is 9.84 Å². The maximum absolute atomic E-state index is 11.8. The zero-order chi connectivity index (χ0) is 13.0. The van der Waals surface area contributed by atoms with Crippen molar-refractivity contribution >= 4 is 23.8 Å². The van der Waals surface area contributed by atoms with Crippen molar-refractivity contribution < 1.29 is 19.4 Å². The van der Waals surface area contributed by atoms with Crippen molar-refractivity contribution in [2.45, 2.75) is 12.6 Å². The highest BCUT2D eigenvalue weighted by Crippen LogP contribution is 2.22. The van der Waals surface area contributed by atoms with Crippen LogP contribution in [0.2, 0.25) is 0 Å². The summed E-state index contributed by atoms with van der Waals surface area (Å²) in [6.45, 7) is 0.160. The van der Waals surface area contributed by atoms with Gasteiger partial charge in [0.05, 0.1) is 5.88 Å². The van der Waals surface area contributed by atoms with Gasteiger partial charge in [-0.3, -0.25) is 4.90 Å². The Labute approximate surface area is 109 Å². The molecule has 1 unspecified atom stereocenters. The van der Waals surface area contributed by atoms with Gasteiger partial charge in [0.15, 0.2) is 0 Å². The number of aliphatic carboxylic acids is 1. The molecule has 5 nitrogen and oxygen atoms in total. The van der Waals surface area contributed by atoms with E-state index < -0.39 is 18.1 Å². The molecule has 0 bridgehead atoms. The number of carbonyl (C=O) groups excluding carboxylic acids is 1. The molecule has 1 fully saturated rings. The minimum atomic E-state index is -0.989. The predicted molar refractivity (Wildman–Crippen MR) is 67.2 cm³/mol. The number of thioether (sulfide) groups is 1. The van der Waals surface area contributed by atoms with Crippen molar-refractivity contribution in [3.8, 4) is 0 Å². The molecule has 1 amide bonds. The molecule has 6 heteroatoms. The lowest BCUT2D eigenvalue weighted by atomic mass is 10.2. The number of benzene rings is 1. The van der Waals surface area contributed by atoms with Crippen LogP contribution in [0.25, 0.3) is 0 Å². The molecule has 1 aliphatic heterocycles. The highest BCUT2D eigenvalue weighted by molar-refractivity contribution is 7.99. The minimum absolute atomic E-state index is 0.160. The Hall–Kier alpha value is -1.69. The Morgan fingerprint density at radius 1 is 1.39 bits per heavy atom. The van der Waals surface area contributed by atoms with Crippen molar-refractivity contribution in [2.75, 3.05) is 11.6 Å². The van der Waals surface area contributed by atoms with Gasteiger partial charge in [-0.2, -0.15) is 0 Å². The standard InChI is InChI=1S/C12H13NO4S/c14-11(15)10-7-18-8-13(10)12(16)17-6-9-4-2-1-3-5-9/h1-5,10H,6-8H2,(H,14,15). The van der Waals surface area contributed by atoms with Gasteiger partial charge in [-0.25, -0.2) is 9.59 Å². The van der Waals surface area contributed by atoms with E-state index in [1.807, 2.05) is 30.3 Å². The fourth-order valence-electron chi connectivity index (χ4n) is 1.63. The number of ether oxygens (including phenoxy) is 1. The van der Waals surface area contributed by atoms with Gasteiger partial charge < -0.3 is 9.84 Å². The molecular weight excluding hydrogens is 254 g/mol. The molecule has 1 atom stereocenters. The number of hydrogen-bond acceptors (Lipinski definition) is 4. The molecule has 1 aliphatic rings. The molecule has 0 radical (unpaired) electrons. The van der Waals surface area contributed by atoms with Crippen LogP contribution in [0.1, 0.15) is 5.56 Å². The van der Waals surface area contributed by atoms with Crippen LogP contribution in [0.5, 0.6) is 0 Å². The van der Waals surface area contributed by atoms with Gasteiger partial charge in [-0.15, -0.1) is 11.8 Å². The number of carboxylic acids is 1. The first-order valence-electron chi connectivity index (χ1n) is 5.46. The van der Waals surface area contributed by atoms with Gasteiger partial charge in [0.25, 0.3) is 0 Å². The summed E-state index contributed by atoms with van der Waals surface area (Å²) in [6.07, 6.45) is -0.573. The number of rotatable bonds is 3. The third kappa shape index (κ3) is 2.95. The minimum Gasteiger partial charge on any atom is -0.480 e. The van der Waals surface area contributed by atoms with Crippen LogP contribution < -0.4 is 0 Å². The summed E-state index contributed by atoms with van der Waals surface area (Å²) in [5, 5.41) is 8.96. The number of carbonyl (C=O) groups is 2. The first kappa shape index (κ1) is 12.8. The first-order valence-corrected chi connectivity index (χ1v) is 6.62. The van der Waals surface area contributed by atoms with Crippen LogP contribution in [0.4, 0.5) is 4.79 Å². The van der Waals surface area contributed by atoms with E-state index in [0.717, 1.165) is 5.56 Å². The van der Waals surface area contributed by atoms with E-state index in [-0.39, 0.29) is 6.61 Å². The molecule has 18 heavy (non-hydrogen) atoms. The Bertz CT molecular complexity index is 437. The van der Waals surface area contributed by atoms with E-state index >= 15 is 0 Å². The highest BCUT2D eigenvalue weighted by Gasteiger charge is 2.35. The molecule has 0 spiro atoms. The number of carboxylic acid groups (broad SMARTS) is 1. The molecule has 1 heterocycles. The van der Waals surface area contributed by atoms with Crippen molar-refractivity contribution in [3.63, 3.8) is 0 Å². The van der Waals surface area contributed by atoms with Crippen LogP contribution in [0, 0.1) is 0 Å². The van der Waals surface area contributed by atoms with Gasteiger partial charge >= 0.3 is 12.1 Å². The second kappa shape index (κ2) is 5.77. The number of hydrogen-bond donors (Lipinski definition) is 1. The van der Waals surface area contributed by atoms with Crippen molar-refractivity contribution in [3.05, 3.63) is 35.9 Å². The molecule has 0 aliphatic carbocycles. The average Bonchev–Trinajstić information content (AvgIpc) is 2.86. The van der Waals surface area contributed by atoms with E-state index in [9.17, 15) is 9.59 Å². The SMILES string of the molecule is O=C(O)C1CSCN1C(=O)OCc1ccccc1. The Morgan fingerprint density at radius 3 is 2.78 bits per heavy atom. The van der Waals surface area contributed by atoms with Gasteiger partial charge in [-0.1, -0.05) is 30.3 Å². The van der Waals surface area contributed by atoms with Crippen molar-refractivity contribution in [2.24, 2.45) is 0 Å². The van der Waals surface area contributed by atoms with Crippen molar-refractivity contribution in [1.29, 1.82) is 0 Å². The summed E-state index contributed by atoms with van der Waals surface area (Å²) >= 11 is 1.41. The summed E-state index contributed by atoms with van der Waals surface area (Å²) in [4.78, 5) is 23.9. The topological polar surface area (TPSA) is 66.8 Å². The van der Waals surface area contributed by atoms with Gasteiger partial charge in [-0.05, 0) is 5.56 Å². The fraction of sp³-hybridized carbons (Fsp3) is 0.333. The molecule has 96 valence electrons. The van der Waals surface area contributed by atoms with Crippen LogP contribution >= 0.6 is 11.8 Å². The smallest absolute Gasteiger partial charge is 0.411 e. The maximum Gasteiger partial charge on any atom is 0.411 e. The highest BCUT2D eigenvalue weighted by atomic mass is 32.2. The van der Waals surface area contributed by atoms with Crippen LogP contribution in [-0.2, 0) is 16.1 Å². The maximum atomic E-state index is 11.8. The van der Waals surface area contributed by atoms with Crippen molar-refractivity contribution in [1.82, 2.24) is 4.90 Å². The fourth-order valence-corrected chi connectivity index (χ4v) is 2.76. The van der Waals surface area contributed by atoms with E-state index in [2.05, 4.69) is 0 Å². The summed E-state index contributed by atoms with van der Waals surface area (Å²) < 4.78 is 5.10. The predicted octanol–water partition coefficient (Wildman–Crippen LogP) is 1.78. The Balaban J connectivity index is 1.90. The Kier molecular flexibility index (Phi) is 4.09. The summed E-state index contributed by atoms with van der Waals surface area (Å²) in [5.41, 5.74) is 0.879. The van der Waals surface area contributed by atoms with E-state index in [1.54, 1.807) is 0 Å². The lowest BCUT2D eigenvalue weighted by molar-refractivity contribution is -0.141. The third-order valence-corrected chi connectivity index (χ3v) is 3.62. The molecule has 0 aromatic heterocycles. The van der Waals surface area contributed by atoms with Crippen LogP contribution in [0.3, 0.4) is 0 Å². The second-order valence-corrected chi connectivity index (χ2v) is 4.86. The lowest BCUT2D eigenvalue weighted by Gasteiger charge is -2.19. The second-order valence-electron chi connectivity index (χ2n) is 3.86. The van der Waals surface area contributed by atoms with E-state index in [0.29, 0.717) is 11.6 Å². The summed E-state index contributed by atoms with van der Waals surface area (Å²) in [5.74, 6) is -0.211. The number of amides is 1. The molecule has 2 rings (SSSR count).